The number of halogens is 2. The Balaban J connectivity index is 1.08. The van der Waals surface area contributed by atoms with Crippen LogP contribution in [-0.2, 0) is 17.6 Å². The number of rotatable bonds is 8. The van der Waals surface area contributed by atoms with Gasteiger partial charge in [-0.05, 0) is 86.7 Å². The van der Waals surface area contributed by atoms with Crippen LogP contribution in [0.25, 0.3) is 10.9 Å². The summed E-state index contributed by atoms with van der Waals surface area (Å²) in [6, 6.07) is 12.6. The third kappa shape index (κ3) is 6.13. The lowest BCUT2D eigenvalue weighted by Crippen LogP contribution is -2.47. The van der Waals surface area contributed by atoms with Gasteiger partial charge < -0.3 is 10.2 Å². The minimum Gasteiger partial charge on any atom is -0.369 e. The Labute approximate surface area is 221 Å². The number of aromatic nitrogens is 1. The van der Waals surface area contributed by atoms with Crippen molar-refractivity contribution in [2.75, 3.05) is 49.9 Å². The number of nitrogens with zero attached hydrogens (tertiary/aromatic N) is 3. The molecular formula is C28H32ClFN4OS. The highest BCUT2D eigenvalue weighted by Gasteiger charge is 2.20. The van der Waals surface area contributed by atoms with E-state index in [9.17, 15) is 9.18 Å². The molecule has 2 aliphatic rings. The molecule has 3 aromatic rings. The average Bonchev–Trinajstić information content (AvgIpc) is 2.90. The number of pyridine rings is 1. The molecule has 5 nitrogen and oxygen atoms in total. The zero-order valence-electron chi connectivity index (χ0n) is 20.4. The third-order valence-electron chi connectivity index (χ3n) is 7.06. The zero-order valence-corrected chi connectivity index (χ0v) is 22.0. The van der Waals surface area contributed by atoms with Crippen LogP contribution in [0.1, 0.15) is 30.5 Å². The molecule has 5 rings (SSSR count). The van der Waals surface area contributed by atoms with Gasteiger partial charge in [0.25, 0.3) is 0 Å². The predicted octanol–water partition coefficient (Wildman–Crippen LogP) is 5.33. The fourth-order valence-corrected chi connectivity index (χ4v) is 6.38. The lowest BCUT2D eigenvalue weighted by molar-refractivity contribution is -0.118. The number of benzene rings is 2. The highest BCUT2D eigenvalue weighted by molar-refractivity contribution is 8.00. The van der Waals surface area contributed by atoms with Gasteiger partial charge in [-0.1, -0.05) is 11.6 Å². The van der Waals surface area contributed by atoms with Crippen molar-refractivity contribution in [3.05, 3.63) is 64.6 Å². The summed E-state index contributed by atoms with van der Waals surface area (Å²) < 4.78 is 13.2. The smallest absolute Gasteiger partial charge is 0.230 e. The molecule has 0 spiro atoms. The molecule has 1 aromatic heterocycles. The van der Waals surface area contributed by atoms with Crippen LogP contribution in [0.2, 0.25) is 5.02 Å². The second-order valence-electron chi connectivity index (χ2n) is 9.53. The molecule has 8 heteroatoms. The monoisotopic (exact) mass is 526 g/mol. The van der Waals surface area contributed by atoms with E-state index in [2.05, 4.69) is 15.1 Å². The number of hydrogen-bond donors (Lipinski definition) is 1. The number of carbonyl (C=O) groups is 1. The van der Waals surface area contributed by atoms with E-state index in [1.165, 1.54) is 41.1 Å². The van der Waals surface area contributed by atoms with Crippen molar-refractivity contribution in [3.8, 4) is 0 Å². The Morgan fingerprint density at radius 3 is 2.64 bits per heavy atom. The molecule has 1 saturated heterocycles. The quantitative estimate of drug-likeness (QED) is 0.318. The van der Waals surface area contributed by atoms with Gasteiger partial charge in [0.15, 0.2) is 0 Å². The molecule has 0 unspecified atom stereocenters. The van der Waals surface area contributed by atoms with Gasteiger partial charge in [-0.15, -0.1) is 11.8 Å². The van der Waals surface area contributed by atoms with Crippen LogP contribution in [0.5, 0.6) is 0 Å². The lowest BCUT2D eigenvalue weighted by atomic mass is 9.94. The highest BCUT2D eigenvalue weighted by Crippen LogP contribution is 2.37. The molecule has 36 heavy (non-hydrogen) atoms. The maximum Gasteiger partial charge on any atom is 0.230 e. The number of thioether (sulfide) groups is 1. The number of nitrogens with one attached hydrogen (secondary N) is 1. The van der Waals surface area contributed by atoms with Crippen LogP contribution in [-0.4, -0.2) is 60.8 Å². The van der Waals surface area contributed by atoms with Gasteiger partial charge in [0.05, 0.1) is 11.3 Å². The average molecular weight is 527 g/mol. The number of fused-ring (bicyclic) bond motifs is 2. The Hall–Kier alpha value is -2.35. The fourth-order valence-electron chi connectivity index (χ4n) is 5.12. The number of carbonyl (C=O) groups excluding carboxylic acids is 1. The Morgan fingerprint density at radius 2 is 1.83 bits per heavy atom. The Bertz CT molecular complexity index is 1210. The van der Waals surface area contributed by atoms with E-state index in [0.29, 0.717) is 17.3 Å². The normalized spacial score (nSPS) is 16.2. The molecule has 0 radical (unpaired) electrons. The first kappa shape index (κ1) is 25.3. The molecule has 1 N–H and O–H groups in total. The first-order valence-electron chi connectivity index (χ1n) is 12.8. The third-order valence-corrected chi connectivity index (χ3v) is 8.45. The second kappa shape index (κ2) is 11.8. The van der Waals surface area contributed by atoms with Gasteiger partial charge in [-0.2, -0.15) is 0 Å². The van der Waals surface area contributed by atoms with E-state index in [-0.39, 0.29) is 11.7 Å². The summed E-state index contributed by atoms with van der Waals surface area (Å²) in [4.78, 5) is 23.4. The molecule has 1 aliphatic carbocycles. The van der Waals surface area contributed by atoms with E-state index >= 15 is 0 Å². The molecular weight excluding hydrogens is 495 g/mol. The van der Waals surface area contributed by atoms with Crippen LogP contribution in [0, 0.1) is 5.82 Å². The van der Waals surface area contributed by atoms with Gasteiger partial charge in [-0.3, -0.25) is 14.7 Å². The minimum absolute atomic E-state index is 0.0673. The van der Waals surface area contributed by atoms with Crippen LogP contribution in [0.4, 0.5) is 10.1 Å². The number of amides is 1. The first-order valence-corrected chi connectivity index (χ1v) is 14.2. The summed E-state index contributed by atoms with van der Waals surface area (Å²) in [5.74, 6) is 0.266. The van der Waals surface area contributed by atoms with Gasteiger partial charge in [0.1, 0.15) is 5.82 Å². The summed E-state index contributed by atoms with van der Waals surface area (Å²) in [7, 11) is 0. The SMILES string of the molecule is O=C(CSc1c2c(nc3ccc(Cl)cc13)CCCC2)NCCCN1CCN(c2ccc(F)cc2)CC1. The van der Waals surface area contributed by atoms with Crippen molar-refractivity contribution < 1.29 is 9.18 Å². The number of hydrogen-bond acceptors (Lipinski definition) is 5. The number of piperazine rings is 1. The van der Waals surface area contributed by atoms with Crippen molar-refractivity contribution in [2.45, 2.75) is 37.0 Å². The van der Waals surface area contributed by atoms with Crippen molar-refractivity contribution in [1.29, 1.82) is 0 Å². The van der Waals surface area contributed by atoms with Gasteiger partial charge in [0, 0.05) is 59.4 Å². The topological polar surface area (TPSA) is 48.5 Å². The van der Waals surface area contributed by atoms with Crippen molar-refractivity contribution in [3.63, 3.8) is 0 Å². The fraction of sp³-hybridized carbons (Fsp3) is 0.429. The molecule has 1 aliphatic heterocycles. The second-order valence-corrected chi connectivity index (χ2v) is 11.0. The standard InChI is InChI=1S/C28H32ClFN4OS/c29-20-6-11-26-24(18-20)28(23-4-1-2-5-25(23)32-26)36-19-27(35)31-12-3-13-33-14-16-34(17-15-33)22-9-7-21(30)8-10-22/h6-11,18H,1-5,12-17,19H2,(H,31,35). The lowest BCUT2D eigenvalue weighted by Gasteiger charge is -2.36. The van der Waals surface area contributed by atoms with E-state index in [1.807, 2.05) is 30.3 Å². The van der Waals surface area contributed by atoms with Gasteiger partial charge >= 0.3 is 0 Å². The van der Waals surface area contributed by atoms with E-state index in [0.717, 1.165) is 68.6 Å². The van der Waals surface area contributed by atoms with Crippen LogP contribution < -0.4 is 10.2 Å². The Morgan fingerprint density at radius 1 is 1.06 bits per heavy atom. The molecule has 2 aromatic carbocycles. The van der Waals surface area contributed by atoms with Crippen molar-refractivity contribution >= 4 is 45.9 Å². The summed E-state index contributed by atoms with van der Waals surface area (Å²) in [6.45, 7) is 5.46. The van der Waals surface area contributed by atoms with E-state index in [4.69, 9.17) is 16.6 Å². The minimum atomic E-state index is -0.198. The predicted molar refractivity (Wildman–Crippen MR) is 147 cm³/mol. The van der Waals surface area contributed by atoms with Crippen molar-refractivity contribution in [1.82, 2.24) is 15.2 Å². The van der Waals surface area contributed by atoms with Crippen LogP contribution in [0.3, 0.4) is 0 Å². The van der Waals surface area contributed by atoms with E-state index < -0.39 is 0 Å². The Kier molecular flexibility index (Phi) is 8.29. The van der Waals surface area contributed by atoms with Gasteiger partial charge in [-0.25, -0.2) is 4.39 Å². The first-order chi connectivity index (χ1) is 17.6. The number of aryl methyl sites for hydroxylation is 1. The number of anilines is 1. The molecule has 0 saturated carbocycles. The highest BCUT2D eigenvalue weighted by atomic mass is 35.5. The molecule has 1 fully saturated rings. The summed E-state index contributed by atoms with van der Waals surface area (Å²) >= 11 is 7.91. The maximum atomic E-state index is 13.2. The largest absolute Gasteiger partial charge is 0.369 e. The van der Waals surface area contributed by atoms with Crippen LogP contribution >= 0.6 is 23.4 Å². The zero-order chi connectivity index (χ0) is 24.9. The molecule has 190 valence electrons. The maximum absolute atomic E-state index is 13.2. The molecule has 0 bridgehead atoms. The molecule has 2 heterocycles. The molecule has 0 atom stereocenters. The summed E-state index contributed by atoms with van der Waals surface area (Å²) in [6.07, 6.45) is 5.29. The molecule has 1 amide bonds. The summed E-state index contributed by atoms with van der Waals surface area (Å²) in [5, 5.41) is 4.85. The summed E-state index contributed by atoms with van der Waals surface area (Å²) in [5.41, 5.74) is 4.51. The van der Waals surface area contributed by atoms with Crippen molar-refractivity contribution in [2.24, 2.45) is 0 Å². The van der Waals surface area contributed by atoms with Gasteiger partial charge in [0.2, 0.25) is 5.91 Å². The van der Waals surface area contributed by atoms with Crippen LogP contribution in [0.15, 0.2) is 47.4 Å². The van der Waals surface area contributed by atoms with E-state index in [1.54, 1.807) is 11.8 Å².